The lowest BCUT2D eigenvalue weighted by atomic mass is 10.1. The van der Waals surface area contributed by atoms with Crippen LogP contribution in [-0.4, -0.2) is 38.1 Å². The summed E-state index contributed by atoms with van der Waals surface area (Å²) in [6, 6.07) is 7.30. The molecule has 0 saturated carbocycles. The second kappa shape index (κ2) is 5.29. The first-order valence-corrected chi connectivity index (χ1v) is 6.74. The van der Waals surface area contributed by atoms with Gasteiger partial charge in [-0.2, -0.15) is 0 Å². The van der Waals surface area contributed by atoms with E-state index < -0.39 is 0 Å². The molecule has 1 fully saturated rings. The molecule has 100 valence electrons. The topological polar surface area (TPSA) is 32.5 Å². The van der Waals surface area contributed by atoms with Crippen molar-refractivity contribution in [3.8, 4) is 0 Å². The fraction of sp³-hybridized carbons (Fsp3) is 0.600. The van der Waals surface area contributed by atoms with E-state index in [0.29, 0.717) is 12.6 Å². The summed E-state index contributed by atoms with van der Waals surface area (Å²) in [6.07, 6.45) is 0. The van der Waals surface area contributed by atoms with Crippen molar-refractivity contribution in [1.82, 2.24) is 4.90 Å². The standard InChI is InChI=1S/C15H25N3/c1-11-7-14(6-5-13(11)8-16)18-9-12(2)15(10-18)17(3)4/h5-7,12,15H,8-10,16H2,1-4H3. The lowest BCUT2D eigenvalue weighted by Crippen LogP contribution is -2.34. The second-order valence-electron chi connectivity index (χ2n) is 5.73. The summed E-state index contributed by atoms with van der Waals surface area (Å²) >= 11 is 0. The zero-order chi connectivity index (χ0) is 13.3. The third-order valence-corrected chi connectivity index (χ3v) is 4.15. The van der Waals surface area contributed by atoms with Gasteiger partial charge >= 0.3 is 0 Å². The quantitative estimate of drug-likeness (QED) is 0.884. The fourth-order valence-electron chi connectivity index (χ4n) is 2.94. The zero-order valence-corrected chi connectivity index (χ0v) is 12.0. The molecule has 1 aliphatic heterocycles. The zero-order valence-electron chi connectivity index (χ0n) is 12.0. The average molecular weight is 247 g/mol. The molecule has 0 spiro atoms. The molecule has 18 heavy (non-hydrogen) atoms. The SMILES string of the molecule is Cc1cc(N2CC(C)C(N(C)C)C2)ccc1CN. The van der Waals surface area contributed by atoms with Gasteiger partial charge in [0.25, 0.3) is 0 Å². The minimum absolute atomic E-state index is 0.628. The van der Waals surface area contributed by atoms with E-state index in [1.165, 1.54) is 16.8 Å². The Bertz CT molecular complexity index is 414. The maximum atomic E-state index is 5.72. The minimum atomic E-state index is 0.628. The Kier molecular flexibility index (Phi) is 3.93. The number of nitrogens with zero attached hydrogens (tertiary/aromatic N) is 2. The van der Waals surface area contributed by atoms with Crippen molar-refractivity contribution in [2.24, 2.45) is 11.7 Å². The number of benzene rings is 1. The van der Waals surface area contributed by atoms with Gasteiger partial charge in [0.1, 0.15) is 0 Å². The van der Waals surface area contributed by atoms with Crippen LogP contribution in [-0.2, 0) is 6.54 Å². The van der Waals surface area contributed by atoms with E-state index >= 15 is 0 Å². The Labute approximate surface area is 111 Å². The average Bonchev–Trinajstić information content (AvgIpc) is 2.71. The van der Waals surface area contributed by atoms with Gasteiger partial charge in [0.05, 0.1) is 0 Å². The van der Waals surface area contributed by atoms with Crippen molar-refractivity contribution in [1.29, 1.82) is 0 Å². The number of anilines is 1. The van der Waals surface area contributed by atoms with Gasteiger partial charge in [-0.15, -0.1) is 0 Å². The van der Waals surface area contributed by atoms with Crippen LogP contribution in [0, 0.1) is 12.8 Å². The van der Waals surface area contributed by atoms with E-state index in [4.69, 9.17) is 5.73 Å². The monoisotopic (exact) mass is 247 g/mol. The lowest BCUT2D eigenvalue weighted by molar-refractivity contribution is 0.266. The number of nitrogens with two attached hydrogens (primary N) is 1. The third-order valence-electron chi connectivity index (χ3n) is 4.15. The Morgan fingerprint density at radius 2 is 2.06 bits per heavy atom. The van der Waals surface area contributed by atoms with Crippen LogP contribution in [0.1, 0.15) is 18.1 Å². The van der Waals surface area contributed by atoms with Crippen LogP contribution in [0.4, 0.5) is 5.69 Å². The van der Waals surface area contributed by atoms with Crippen LogP contribution in [0.2, 0.25) is 0 Å². The lowest BCUT2D eigenvalue weighted by Gasteiger charge is -2.23. The van der Waals surface area contributed by atoms with Gasteiger partial charge in [-0.3, -0.25) is 0 Å². The molecule has 2 N–H and O–H groups in total. The van der Waals surface area contributed by atoms with Gasteiger partial charge in [-0.25, -0.2) is 0 Å². The maximum absolute atomic E-state index is 5.72. The number of likely N-dealkylation sites (N-methyl/N-ethyl adjacent to an activating group) is 1. The highest BCUT2D eigenvalue weighted by atomic mass is 15.2. The van der Waals surface area contributed by atoms with Crippen molar-refractivity contribution < 1.29 is 0 Å². The normalized spacial score (nSPS) is 24.0. The highest BCUT2D eigenvalue weighted by Gasteiger charge is 2.31. The Morgan fingerprint density at radius 3 is 2.56 bits per heavy atom. The Hall–Kier alpha value is -1.06. The predicted octanol–water partition coefficient (Wildman–Crippen LogP) is 1.84. The van der Waals surface area contributed by atoms with E-state index in [1.807, 2.05) is 0 Å². The molecule has 3 heteroatoms. The fourth-order valence-corrected chi connectivity index (χ4v) is 2.94. The first-order valence-electron chi connectivity index (χ1n) is 6.74. The third kappa shape index (κ3) is 2.52. The van der Waals surface area contributed by atoms with Gasteiger partial charge in [0, 0.05) is 31.4 Å². The van der Waals surface area contributed by atoms with Crippen LogP contribution in [0.5, 0.6) is 0 Å². The molecule has 0 radical (unpaired) electrons. The molecular formula is C15H25N3. The summed E-state index contributed by atoms with van der Waals surface area (Å²) in [4.78, 5) is 4.83. The van der Waals surface area contributed by atoms with Gasteiger partial charge in [0.15, 0.2) is 0 Å². The Balaban J connectivity index is 2.16. The molecule has 1 aromatic rings. The minimum Gasteiger partial charge on any atom is -0.370 e. The van der Waals surface area contributed by atoms with Crippen molar-refractivity contribution in [3.05, 3.63) is 29.3 Å². The number of rotatable bonds is 3. The number of hydrogen-bond acceptors (Lipinski definition) is 3. The smallest absolute Gasteiger partial charge is 0.0369 e. The van der Waals surface area contributed by atoms with E-state index in [1.54, 1.807) is 0 Å². The van der Waals surface area contributed by atoms with Crippen LogP contribution >= 0.6 is 0 Å². The highest BCUT2D eigenvalue weighted by molar-refractivity contribution is 5.52. The molecule has 2 unspecified atom stereocenters. The van der Waals surface area contributed by atoms with Gasteiger partial charge in [-0.1, -0.05) is 13.0 Å². The summed E-state index contributed by atoms with van der Waals surface area (Å²) in [6.45, 7) is 7.38. The first-order chi connectivity index (χ1) is 8.52. The van der Waals surface area contributed by atoms with Crippen molar-refractivity contribution >= 4 is 5.69 Å². The number of aryl methyl sites for hydroxylation is 1. The van der Waals surface area contributed by atoms with Crippen LogP contribution in [0.25, 0.3) is 0 Å². The molecule has 3 nitrogen and oxygen atoms in total. The molecule has 2 atom stereocenters. The van der Waals surface area contributed by atoms with Crippen molar-refractivity contribution in [2.45, 2.75) is 26.4 Å². The first kappa shape index (κ1) is 13.4. The molecule has 1 heterocycles. The van der Waals surface area contributed by atoms with Crippen LogP contribution in [0.15, 0.2) is 18.2 Å². The van der Waals surface area contributed by atoms with Crippen molar-refractivity contribution in [3.63, 3.8) is 0 Å². The Morgan fingerprint density at radius 1 is 1.33 bits per heavy atom. The summed E-state index contributed by atoms with van der Waals surface area (Å²) < 4.78 is 0. The van der Waals surface area contributed by atoms with Gasteiger partial charge < -0.3 is 15.5 Å². The summed E-state index contributed by atoms with van der Waals surface area (Å²) in [5.41, 5.74) is 9.60. The summed E-state index contributed by atoms with van der Waals surface area (Å²) in [5.74, 6) is 0.717. The molecule has 1 aliphatic rings. The summed E-state index contributed by atoms with van der Waals surface area (Å²) in [5, 5.41) is 0. The van der Waals surface area contributed by atoms with E-state index in [-0.39, 0.29) is 0 Å². The van der Waals surface area contributed by atoms with E-state index in [9.17, 15) is 0 Å². The molecule has 0 amide bonds. The largest absolute Gasteiger partial charge is 0.370 e. The van der Waals surface area contributed by atoms with Gasteiger partial charge in [0.2, 0.25) is 0 Å². The molecular weight excluding hydrogens is 222 g/mol. The molecule has 1 saturated heterocycles. The van der Waals surface area contributed by atoms with E-state index in [2.05, 4.69) is 55.9 Å². The molecule has 1 aromatic carbocycles. The maximum Gasteiger partial charge on any atom is 0.0369 e. The highest BCUT2D eigenvalue weighted by Crippen LogP contribution is 2.27. The molecule has 2 rings (SSSR count). The van der Waals surface area contributed by atoms with Crippen LogP contribution < -0.4 is 10.6 Å². The molecule has 0 aliphatic carbocycles. The van der Waals surface area contributed by atoms with Crippen molar-refractivity contribution in [2.75, 3.05) is 32.1 Å². The van der Waals surface area contributed by atoms with Gasteiger partial charge in [-0.05, 0) is 50.2 Å². The van der Waals surface area contributed by atoms with Crippen LogP contribution in [0.3, 0.4) is 0 Å². The predicted molar refractivity (Wildman–Crippen MR) is 77.9 cm³/mol. The molecule has 0 aromatic heterocycles. The number of hydrogen-bond donors (Lipinski definition) is 1. The second-order valence-corrected chi connectivity index (χ2v) is 5.73. The molecule has 0 bridgehead atoms. The van der Waals surface area contributed by atoms with E-state index in [0.717, 1.165) is 19.0 Å². The summed E-state index contributed by atoms with van der Waals surface area (Å²) in [7, 11) is 4.35.